The Kier molecular flexibility index (Phi) is 3.10. The summed E-state index contributed by atoms with van der Waals surface area (Å²) in [6.45, 7) is 0.277. The molecule has 1 aliphatic rings. The Morgan fingerprint density at radius 2 is 2.25 bits per heavy atom. The van der Waals surface area contributed by atoms with Crippen LogP contribution in [0.15, 0.2) is 24.3 Å². The van der Waals surface area contributed by atoms with E-state index in [0.717, 1.165) is 12.8 Å². The number of phenolic OH excluding ortho intramolecular Hbond substituents is 1. The average molecular weight is 221 g/mol. The molecule has 0 bridgehead atoms. The van der Waals surface area contributed by atoms with E-state index in [9.17, 15) is 15.0 Å². The minimum atomic E-state index is -0.443. The van der Waals surface area contributed by atoms with Crippen molar-refractivity contribution in [3.63, 3.8) is 0 Å². The van der Waals surface area contributed by atoms with Crippen LogP contribution in [0.4, 0.5) is 0 Å². The number of carbonyl (C=O) groups is 1. The predicted molar refractivity (Wildman–Crippen MR) is 59.2 cm³/mol. The molecule has 1 atom stereocenters. The van der Waals surface area contributed by atoms with E-state index in [0.29, 0.717) is 11.5 Å². The van der Waals surface area contributed by atoms with Crippen LogP contribution in [0.2, 0.25) is 0 Å². The second-order valence-electron chi connectivity index (χ2n) is 4.17. The van der Waals surface area contributed by atoms with Crippen LogP contribution in [-0.4, -0.2) is 28.8 Å². The topological polar surface area (TPSA) is 69.6 Å². The second-order valence-corrected chi connectivity index (χ2v) is 4.17. The summed E-state index contributed by atoms with van der Waals surface area (Å²) >= 11 is 0. The van der Waals surface area contributed by atoms with Crippen molar-refractivity contribution >= 4 is 5.91 Å². The van der Waals surface area contributed by atoms with Crippen molar-refractivity contribution in [2.45, 2.75) is 18.9 Å². The summed E-state index contributed by atoms with van der Waals surface area (Å²) < 4.78 is 0. The average Bonchev–Trinajstić information content (AvgIpc) is 3.09. The highest BCUT2D eigenvalue weighted by atomic mass is 16.3. The van der Waals surface area contributed by atoms with Crippen molar-refractivity contribution in [3.05, 3.63) is 29.8 Å². The molecule has 2 rings (SSSR count). The number of aliphatic hydroxyl groups is 1. The van der Waals surface area contributed by atoms with Crippen molar-refractivity contribution in [2.24, 2.45) is 5.92 Å². The monoisotopic (exact) mass is 221 g/mol. The molecule has 3 N–H and O–H groups in total. The summed E-state index contributed by atoms with van der Waals surface area (Å²) in [7, 11) is 0. The van der Waals surface area contributed by atoms with Crippen LogP contribution in [-0.2, 0) is 0 Å². The molecule has 4 nitrogen and oxygen atoms in total. The van der Waals surface area contributed by atoms with E-state index in [1.807, 2.05) is 0 Å². The molecule has 4 heteroatoms. The van der Waals surface area contributed by atoms with Crippen LogP contribution in [0.5, 0.6) is 5.75 Å². The molecule has 1 amide bonds. The van der Waals surface area contributed by atoms with E-state index >= 15 is 0 Å². The summed E-state index contributed by atoms with van der Waals surface area (Å²) in [6, 6.07) is 6.15. The Bertz CT molecular complexity index is 388. The van der Waals surface area contributed by atoms with Crippen molar-refractivity contribution in [2.75, 3.05) is 6.54 Å². The molecule has 1 unspecified atom stereocenters. The molecule has 0 aliphatic heterocycles. The largest absolute Gasteiger partial charge is 0.508 e. The lowest BCUT2D eigenvalue weighted by Crippen LogP contribution is -2.33. The first-order valence-corrected chi connectivity index (χ1v) is 5.42. The third-order valence-corrected chi connectivity index (χ3v) is 2.75. The number of carbonyl (C=O) groups excluding carboxylic acids is 1. The summed E-state index contributed by atoms with van der Waals surface area (Å²) in [6.07, 6.45) is 1.65. The predicted octanol–water partition coefficient (Wildman–Crippen LogP) is 0.893. The molecule has 1 aromatic rings. The van der Waals surface area contributed by atoms with Gasteiger partial charge in [0.1, 0.15) is 5.75 Å². The molecule has 16 heavy (non-hydrogen) atoms. The maximum Gasteiger partial charge on any atom is 0.251 e. The minimum Gasteiger partial charge on any atom is -0.508 e. The maximum atomic E-state index is 11.6. The molecule has 0 heterocycles. The zero-order valence-corrected chi connectivity index (χ0v) is 8.89. The van der Waals surface area contributed by atoms with Gasteiger partial charge in [0.05, 0.1) is 6.10 Å². The highest BCUT2D eigenvalue weighted by Crippen LogP contribution is 2.32. The van der Waals surface area contributed by atoms with Crippen LogP contribution in [0.3, 0.4) is 0 Å². The first-order valence-electron chi connectivity index (χ1n) is 5.42. The fourth-order valence-corrected chi connectivity index (χ4v) is 1.59. The van der Waals surface area contributed by atoms with Gasteiger partial charge in [-0.3, -0.25) is 4.79 Å². The molecular weight excluding hydrogens is 206 g/mol. The fourth-order valence-electron chi connectivity index (χ4n) is 1.59. The standard InChI is InChI=1S/C12H15NO3/c14-10-3-1-2-9(6-10)12(16)13-7-11(15)8-4-5-8/h1-3,6,8,11,14-15H,4-5,7H2,(H,13,16). The molecule has 1 fully saturated rings. The molecule has 0 spiro atoms. The van der Waals surface area contributed by atoms with Gasteiger partial charge in [-0.15, -0.1) is 0 Å². The number of phenols is 1. The SMILES string of the molecule is O=C(NCC(O)C1CC1)c1cccc(O)c1. The zero-order chi connectivity index (χ0) is 11.5. The molecular formula is C12H15NO3. The lowest BCUT2D eigenvalue weighted by molar-refractivity contribution is 0.0901. The van der Waals surface area contributed by atoms with E-state index in [1.165, 1.54) is 12.1 Å². The lowest BCUT2D eigenvalue weighted by Gasteiger charge is -2.10. The Hall–Kier alpha value is -1.55. The lowest BCUT2D eigenvalue weighted by atomic mass is 10.2. The van der Waals surface area contributed by atoms with Crippen LogP contribution >= 0.6 is 0 Å². The van der Waals surface area contributed by atoms with Gasteiger partial charge in [0.25, 0.3) is 5.91 Å². The van der Waals surface area contributed by atoms with Gasteiger partial charge in [0, 0.05) is 12.1 Å². The molecule has 1 aliphatic carbocycles. The van der Waals surface area contributed by atoms with Crippen molar-refractivity contribution in [1.82, 2.24) is 5.32 Å². The Labute approximate surface area is 93.9 Å². The van der Waals surface area contributed by atoms with Gasteiger partial charge in [0.2, 0.25) is 0 Å². The quantitative estimate of drug-likeness (QED) is 0.707. The summed E-state index contributed by atoms with van der Waals surface area (Å²) in [5.41, 5.74) is 0.406. The zero-order valence-electron chi connectivity index (χ0n) is 8.89. The van der Waals surface area contributed by atoms with Crippen molar-refractivity contribution in [3.8, 4) is 5.75 Å². The van der Waals surface area contributed by atoms with Crippen molar-refractivity contribution in [1.29, 1.82) is 0 Å². The van der Waals surface area contributed by atoms with Crippen LogP contribution < -0.4 is 5.32 Å². The van der Waals surface area contributed by atoms with E-state index in [2.05, 4.69) is 5.32 Å². The fraction of sp³-hybridized carbons (Fsp3) is 0.417. The highest BCUT2D eigenvalue weighted by molar-refractivity contribution is 5.94. The van der Waals surface area contributed by atoms with E-state index in [1.54, 1.807) is 12.1 Å². The van der Waals surface area contributed by atoms with Gasteiger partial charge in [0.15, 0.2) is 0 Å². The maximum absolute atomic E-state index is 11.6. The van der Waals surface area contributed by atoms with Gasteiger partial charge >= 0.3 is 0 Å². The molecule has 0 saturated heterocycles. The van der Waals surface area contributed by atoms with Gasteiger partial charge in [-0.1, -0.05) is 6.07 Å². The van der Waals surface area contributed by atoms with Gasteiger partial charge in [-0.2, -0.15) is 0 Å². The Balaban J connectivity index is 1.87. The van der Waals surface area contributed by atoms with Gasteiger partial charge < -0.3 is 15.5 Å². The highest BCUT2D eigenvalue weighted by Gasteiger charge is 2.29. The number of nitrogens with one attached hydrogen (secondary N) is 1. The normalized spacial score (nSPS) is 16.8. The first-order chi connectivity index (χ1) is 7.66. The number of benzene rings is 1. The molecule has 1 aromatic carbocycles. The number of aliphatic hydroxyl groups excluding tert-OH is 1. The van der Waals surface area contributed by atoms with Gasteiger partial charge in [-0.25, -0.2) is 0 Å². The van der Waals surface area contributed by atoms with Crippen LogP contribution in [0.25, 0.3) is 0 Å². The number of rotatable bonds is 4. The molecule has 86 valence electrons. The number of hydrogen-bond donors (Lipinski definition) is 3. The molecule has 0 radical (unpaired) electrons. The van der Waals surface area contributed by atoms with Crippen LogP contribution in [0.1, 0.15) is 23.2 Å². The number of hydrogen-bond acceptors (Lipinski definition) is 3. The van der Waals surface area contributed by atoms with Gasteiger partial charge in [-0.05, 0) is 37.0 Å². The second kappa shape index (κ2) is 4.53. The van der Waals surface area contributed by atoms with Crippen molar-refractivity contribution < 1.29 is 15.0 Å². The minimum absolute atomic E-state index is 0.0652. The van der Waals surface area contributed by atoms with E-state index in [4.69, 9.17) is 0 Å². The third-order valence-electron chi connectivity index (χ3n) is 2.75. The number of amides is 1. The van der Waals surface area contributed by atoms with E-state index in [-0.39, 0.29) is 18.2 Å². The summed E-state index contributed by atoms with van der Waals surface area (Å²) in [5.74, 6) is 0.149. The summed E-state index contributed by atoms with van der Waals surface area (Å²) in [5, 5.41) is 21.4. The van der Waals surface area contributed by atoms with Crippen LogP contribution in [0, 0.1) is 5.92 Å². The summed E-state index contributed by atoms with van der Waals surface area (Å²) in [4.78, 5) is 11.6. The molecule has 1 saturated carbocycles. The molecule has 0 aromatic heterocycles. The third kappa shape index (κ3) is 2.73. The smallest absolute Gasteiger partial charge is 0.251 e. The Morgan fingerprint density at radius 3 is 2.88 bits per heavy atom. The first kappa shape index (κ1) is 11.0. The number of aromatic hydroxyl groups is 1. The van der Waals surface area contributed by atoms with E-state index < -0.39 is 6.10 Å². The Morgan fingerprint density at radius 1 is 1.50 bits per heavy atom.